The fourth-order valence-electron chi connectivity index (χ4n) is 4.13. The second-order valence-electron chi connectivity index (χ2n) is 7.97. The lowest BCUT2D eigenvalue weighted by molar-refractivity contribution is -0.139. The van der Waals surface area contributed by atoms with Crippen molar-refractivity contribution >= 4 is 18.0 Å². The van der Waals surface area contributed by atoms with Crippen molar-refractivity contribution in [3.05, 3.63) is 89.5 Å². The van der Waals surface area contributed by atoms with Gasteiger partial charge in [-0.1, -0.05) is 60.7 Å². The summed E-state index contributed by atoms with van der Waals surface area (Å²) < 4.78 is 10.7. The molecule has 1 atom stereocenters. The van der Waals surface area contributed by atoms with Gasteiger partial charge in [0.05, 0.1) is 0 Å². The van der Waals surface area contributed by atoms with E-state index >= 15 is 0 Å². The standard InChI is InChI=1S/C26H24N2O6/c27-24(29)15-33-17-7-5-6-16(12-17)13-23(25(30)31)28-26(32)34-14-22-20-10-3-1-8-18(20)19-9-2-4-11-21(19)22/h1-12,22-23H,13-15H2,(H2,27,29)(H,28,32)(H,30,31)/t23-/m0/s1. The number of hydrogen-bond donors (Lipinski definition) is 3. The number of amides is 2. The third kappa shape index (κ3) is 5.17. The van der Waals surface area contributed by atoms with Gasteiger partial charge in [0.2, 0.25) is 0 Å². The Balaban J connectivity index is 1.39. The van der Waals surface area contributed by atoms with Crippen LogP contribution in [0, 0.1) is 0 Å². The van der Waals surface area contributed by atoms with E-state index in [9.17, 15) is 19.5 Å². The molecule has 0 heterocycles. The molecular weight excluding hydrogens is 436 g/mol. The molecule has 174 valence electrons. The highest BCUT2D eigenvalue weighted by atomic mass is 16.5. The average molecular weight is 460 g/mol. The number of carboxylic acids is 1. The van der Waals surface area contributed by atoms with E-state index in [1.54, 1.807) is 24.3 Å². The molecule has 8 nitrogen and oxygen atoms in total. The van der Waals surface area contributed by atoms with E-state index in [-0.39, 0.29) is 25.6 Å². The minimum atomic E-state index is -1.21. The van der Waals surface area contributed by atoms with Crippen molar-refractivity contribution in [2.24, 2.45) is 5.73 Å². The number of benzene rings is 3. The SMILES string of the molecule is NC(=O)COc1cccc(C[C@H](NC(=O)OCC2c3ccccc3-c3ccccc32)C(=O)O)c1. The molecule has 3 aromatic carbocycles. The molecule has 4 rings (SSSR count). The van der Waals surface area contributed by atoms with Crippen LogP contribution in [0.1, 0.15) is 22.6 Å². The van der Waals surface area contributed by atoms with Gasteiger partial charge in [-0.05, 0) is 39.9 Å². The zero-order chi connectivity index (χ0) is 24.1. The minimum Gasteiger partial charge on any atom is -0.484 e. The first-order valence-electron chi connectivity index (χ1n) is 10.8. The van der Waals surface area contributed by atoms with Gasteiger partial charge in [-0.25, -0.2) is 9.59 Å². The molecule has 1 aliphatic rings. The van der Waals surface area contributed by atoms with Gasteiger partial charge >= 0.3 is 12.1 Å². The van der Waals surface area contributed by atoms with Gasteiger partial charge in [0.25, 0.3) is 5.91 Å². The molecule has 0 fully saturated rings. The van der Waals surface area contributed by atoms with Gasteiger partial charge in [0, 0.05) is 12.3 Å². The zero-order valence-electron chi connectivity index (χ0n) is 18.3. The van der Waals surface area contributed by atoms with E-state index in [2.05, 4.69) is 5.32 Å². The highest BCUT2D eigenvalue weighted by Gasteiger charge is 2.29. The smallest absolute Gasteiger partial charge is 0.407 e. The molecule has 8 heteroatoms. The van der Waals surface area contributed by atoms with Crippen molar-refractivity contribution < 1.29 is 29.0 Å². The summed E-state index contributed by atoms with van der Waals surface area (Å²) in [4.78, 5) is 35.2. The Bertz CT molecular complexity index is 1180. The Kier molecular flexibility index (Phi) is 6.77. The molecule has 0 aromatic heterocycles. The maximum atomic E-state index is 12.5. The van der Waals surface area contributed by atoms with E-state index < -0.39 is 24.0 Å². The number of primary amides is 1. The van der Waals surface area contributed by atoms with Gasteiger partial charge in [-0.15, -0.1) is 0 Å². The van der Waals surface area contributed by atoms with Crippen LogP contribution in [0.2, 0.25) is 0 Å². The molecule has 0 aliphatic heterocycles. The first-order valence-corrected chi connectivity index (χ1v) is 10.8. The molecule has 0 unspecified atom stereocenters. The van der Waals surface area contributed by atoms with E-state index in [0.717, 1.165) is 22.3 Å². The van der Waals surface area contributed by atoms with Crippen LogP contribution < -0.4 is 15.8 Å². The predicted octanol–water partition coefficient (Wildman–Crippen LogP) is 3.09. The number of carboxylic acid groups (broad SMARTS) is 1. The van der Waals surface area contributed by atoms with Gasteiger partial charge in [0.1, 0.15) is 18.4 Å². The lowest BCUT2D eigenvalue weighted by Crippen LogP contribution is -2.42. The normalized spacial score (nSPS) is 12.8. The number of ether oxygens (including phenoxy) is 2. The number of nitrogens with one attached hydrogen (secondary N) is 1. The van der Waals surface area contributed by atoms with E-state index in [4.69, 9.17) is 15.2 Å². The number of rotatable bonds is 9. The highest BCUT2D eigenvalue weighted by Crippen LogP contribution is 2.44. The van der Waals surface area contributed by atoms with Crippen LogP contribution in [0.25, 0.3) is 11.1 Å². The van der Waals surface area contributed by atoms with Crippen molar-refractivity contribution in [2.45, 2.75) is 18.4 Å². The summed E-state index contributed by atoms with van der Waals surface area (Å²) in [5.74, 6) is -1.57. The van der Waals surface area contributed by atoms with Gasteiger partial charge in [-0.2, -0.15) is 0 Å². The quantitative estimate of drug-likeness (QED) is 0.450. The van der Waals surface area contributed by atoms with Crippen molar-refractivity contribution in [3.63, 3.8) is 0 Å². The van der Waals surface area contributed by atoms with Crippen LogP contribution in [0.15, 0.2) is 72.8 Å². The molecule has 0 bridgehead atoms. The third-order valence-electron chi connectivity index (χ3n) is 5.65. The number of carbonyl (C=O) groups is 3. The summed E-state index contributed by atoms with van der Waals surface area (Å²) in [6, 6.07) is 21.3. The van der Waals surface area contributed by atoms with Crippen LogP contribution in [-0.4, -0.2) is 42.3 Å². The van der Waals surface area contributed by atoms with Crippen LogP contribution in [0.4, 0.5) is 4.79 Å². The molecule has 0 saturated carbocycles. The van der Waals surface area contributed by atoms with Crippen molar-refractivity contribution in [1.29, 1.82) is 0 Å². The Labute approximate surface area is 196 Å². The molecule has 3 aromatic rings. The number of aliphatic carboxylic acids is 1. The molecule has 1 aliphatic carbocycles. The summed E-state index contributed by atoms with van der Waals surface area (Å²) in [5, 5.41) is 12.0. The minimum absolute atomic E-state index is 0.00724. The van der Waals surface area contributed by atoms with E-state index in [1.165, 1.54) is 0 Å². The summed E-state index contributed by atoms with van der Waals surface area (Å²) in [7, 11) is 0. The molecule has 34 heavy (non-hydrogen) atoms. The van der Waals surface area contributed by atoms with Crippen LogP contribution in [-0.2, 0) is 20.7 Å². The van der Waals surface area contributed by atoms with Crippen LogP contribution in [0.5, 0.6) is 5.75 Å². The molecule has 0 saturated heterocycles. The second kappa shape index (κ2) is 10.1. The Morgan fingerprint density at radius 3 is 2.21 bits per heavy atom. The number of alkyl carbamates (subject to hydrolysis) is 1. The summed E-state index contributed by atoms with van der Waals surface area (Å²) in [6.07, 6.45) is -0.803. The largest absolute Gasteiger partial charge is 0.484 e. The molecular formula is C26H24N2O6. The lowest BCUT2D eigenvalue weighted by atomic mass is 9.98. The van der Waals surface area contributed by atoms with Gasteiger partial charge in [0.15, 0.2) is 6.61 Å². The van der Waals surface area contributed by atoms with Gasteiger partial charge < -0.3 is 25.6 Å². The molecule has 4 N–H and O–H groups in total. The third-order valence-corrected chi connectivity index (χ3v) is 5.65. The number of carbonyl (C=O) groups excluding carboxylic acids is 2. The molecule has 0 spiro atoms. The average Bonchev–Trinajstić information content (AvgIpc) is 3.15. The first-order chi connectivity index (χ1) is 16.4. The van der Waals surface area contributed by atoms with Crippen molar-refractivity contribution in [1.82, 2.24) is 5.32 Å². The fraction of sp³-hybridized carbons (Fsp3) is 0.192. The van der Waals surface area contributed by atoms with E-state index in [0.29, 0.717) is 11.3 Å². The Morgan fingerprint density at radius 1 is 0.941 bits per heavy atom. The Morgan fingerprint density at radius 2 is 1.59 bits per heavy atom. The van der Waals surface area contributed by atoms with Gasteiger partial charge in [-0.3, -0.25) is 4.79 Å². The zero-order valence-corrected chi connectivity index (χ0v) is 18.3. The first kappa shape index (κ1) is 22.8. The summed E-state index contributed by atoms with van der Waals surface area (Å²) in [5.41, 5.74) is 10.0. The predicted molar refractivity (Wildman–Crippen MR) is 124 cm³/mol. The van der Waals surface area contributed by atoms with Crippen molar-refractivity contribution in [3.8, 4) is 16.9 Å². The maximum absolute atomic E-state index is 12.5. The second-order valence-corrected chi connectivity index (χ2v) is 7.97. The van der Waals surface area contributed by atoms with E-state index in [1.807, 2.05) is 48.5 Å². The number of fused-ring (bicyclic) bond motifs is 3. The topological polar surface area (TPSA) is 128 Å². The van der Waals surface area contributed by atoms with Crippen LogP contribution in [0.3, 0.4) is 0 Å². The molecule has 0 radical (unpaired) electrons. The number of nitrogens with two attached hydrogens (primary N) is 1. The summed E-state index contributed by atoms with van der Waals surface area (Å²) >= 11 is 0. The Hall–Kier alpha value is -4.33. The lowest BCUT2D eigenvalue weighted by Gasteiger charge is -2.18. The maximum Gasteiger partial charge on any atom is 0.407 e. The summed E-state index contributed by atoms with van der Waals surface area (Å²) in [6.45, 7) is -0.202. The van der Waals surface area contributed by atoms with Crippen molar-refractivity contribution in [2.75, 3.05) is 13.2 Å². The number of hydrogen-bond acceptors (Lipinski definition) is 5. The highest BCUT2D eigenvalue weighted by molar-refractivity contribution is 5.81. The fourth-order valence-corrected chi connectivity index (χ4v) is 4.13. The monoisotopic (exact) mass is 460 g/mol. The van der Waals surface area contributed by atoms with Crippen LogP contribution >= 0.6 is 0 Å². The molecule has 2 amide bonds.